The molecule has 1 amide bonds. The fourth-order valence-corrected chi connectivity index (χ4v) is 3.45. The first-order valence-electron chi connectivity index (χ1n) is 11.2. The van der Waals surface area contributed by atoms with Crippen molar-refractivity contribution in [1.82, 2.24) is 25.4 Å². The quantitative estimate of drug-likeness (QED) is 0.508. The molecule has 0 aliphatic carbocycles. The summed E-state index contributed by atoms with van der Waals surface area (Å²) in [6.45, 7) is 8.18. The van der Waals surface area contributed by atoms with Gasteiger partial charge in [-0.05, 0) is 43.3 Å². The summed E-state index contributed by atoms with van der Waals surface area (Å²) >= 11 is 0. The molecule has 1 saturated heterocycles. The number of carbonyl (C=O) groups excluding carboxylic acids is 1. The molecule has 1 fully saturated rings. The lowest BCUT2D eigenvalue weighted by atomic mass is 10.1. The van der Waals surface area contributed by atoms with Crippen LogP contribution in [0.15, 0.2) is 47.6 Å². The van der Waals surface area contributed by atoms with Crippen molar-refractivity contribution in [2.24, 2.45) is 4.99 Å². The Bertz CT molecular complexity index is 886. The number of hydrogen-bond acceptors (Lipinski definition) is 5. The van der Waals surface area contributed by atoms with Crippen LogP contribution in [-0.4, -0.2) is 80.5 Å². The second kappa shape index (κ2) is 11.5. The Balaban J connectivity index is 1.55. The third-order valence-corrected chi connectivity index (χ3v) is 5.47. The van der Waals surface area contributed by atoms with Crippen molar-refractivity contribution in [3.05, 3.63) is 59.3 Å². The van der Waals surface area contributed by atoms with E-state index in [-0.39, 0.29) is 5.91 Å². The maximum Gasteiger partial charge on any atom is 0.253 e. The number of anilines is 1. The van der Waals surface area contributed by atoms with E-state index in [1.165, 1.54) is 0 Å². The van der Waals surface area contributed by atoms with E-state index in [2.05, 4.69) is 44.6 Å². The molecule has 172 valence electrons. The summed E-state index contributed by atoms with van der Waals surface area (Å²) in [5.74, 6) is 1.79. The molecular weight excluding hydrogens is 402 g/mol. The molecule has 8 nitrogen and oxygen atoms in total. The molecular formula is C24H35N7O. The molecule has 1 aromatic carbocycles. The van der Waals surface area contributed by atoms with Crippen LogP contribution in [0.25, 0.3) is 0 Å². The average Bonchev–Trinajstić information content (AvgIpc) is 2.81. The van der Waals surface area contributed by atoms with Gasteiger partial charge < -0.3 is 25.3 Å². The fourth-order valence-electron chi connectivity index (χ4n) is 3.45. The third-order valence-electron chi connectivity index (χ3n) is 5.47. The van der Waals surface area contributed by atoms with Gasteiger partial charge in [-0.3, -0.25) is 4.79 Å². The van der Waals surface area contributed by atoms with E-state index in [1.807, 2.05) is 37.4 Å². The molecule has 0 spiro atoms. The Morgan fingerprint density at radius 2 is 1.72 bits per heavy atom. The lowest BCUT2D eigenvalue weighted by Gasteiger charge is -2.33. The van der Waals surface area contributed by atoms with Gasteiger partial charge in [0.15, 0.2) is 5.96 Å². The summed E-state index contributed by atoms with van der Waals surface area (Å²) in [5.41, 5.74) is 2.85. The summed E-state index contributed by atoms with van der Waals surface area (Å²) < 4.78 is 0. The highest BCUT2D eigenvalue weighted by atomic mass is 16.2. The summed E-state index contributed by atoms with van der Waals surface area (Å²) in [7, 11) is 5.67. The number of likely N-dealkylation sites (N-methyl/N-ethyl adjacent to an activating group) is 1. The van der Waals surface area contributed by atoms with Gasteiger partial charge in [0.1, 0.15) is 5.82 Å². The number of hydrogen-bond donors (Lipinski definition) is 2. The van der Waals surface area contributed by atoms with Crippen LogP contribution in [0.1, 0.15) is 28.4 Å². The van der Waals surface area contributed by atoms with E-state index >= 15 is 0 Å². The number of rotatable bonds is 7. The molecule has 8 heteroatoms. The number of pyridine rings is 1. The topological polar surface area (TPSA) is 76.1 Å². The van der Waals surface area contributed by atoms with Crippen molar-refractivity contribution in [2.45, 2.75) is 20.0 Å². The predicted molar refractivity (Wildman–Crippen MR) is 130 cm³/mol. The monoisotopic (exact) mass is 437 g/mol. The summed E-state index contributed by atoms with van der Waals surface area (Å²) in [6.07, 6.45) is 1.92. The number of aromatic nitrogens is 1. The highest BCUT2D eigenvalue weighted by molar-refractivity contribution is 5.93. The van der Waals surface area contributed by atoms with Gasteiger partial charge in [0.2, 0.25) is 0 Å². The Hall–Kier alpha value is -3.13. The van der Waals surface area contributed by atoms with Gasteiger partial charge in [-0.25, -0.2) is 9.98 Å². The Kier molecular flexibility index (Phi) is 8.44. The molecule has 2 aromatic rings. The van der Waals surface area contributed by atoms with Gasteiger partial charge in [-0.15, -0.1) is 0 Å². The minimum Gasteiger partial charge on any atom is -0.357 e. The van der Waals surface area contributed by atoms with E-state index < -0.39 is 0 Å². The number of benzene rings is 1. The van der Waals surface area contributed by atoms with Crippen molar-refractivity contribution < 1.29 is 4.79 Å². The minimum atomic E-state index is 0.00617. The molecule has 2 N–H and O–H groups in total. The average molecular weight is 438 g/mol. The lowest BCUT2D eigenvalue weighted by Crippen LogP contribution is -2.44. The Morgan fingerprint density at radius 1 is 1.03 bits per heavy atom. The van der Waals surface area contributed by atoms with Gasteiger partial charge in [-0.1, -0.05) is 18.2 Å². The van der Waals surface area contributed by atoms with Crippen LogP contribution < -0.4 is 15.5 Å². The number of nitrogens with one attached hydrogen (secondary N) is 2. The summed E-state index contributed by atoms with van der Waals surface area (Å²) in [4.78, 5) is 27.6. The normalized spacial score (nSPS) is 14.9. The highest BCUT2D eigenvalue weighted by Crippen LogP contribution is 2.14. The number of carbonyl (C=O) groups is 1. The number of guanidine groups is 1. The maximum absolute atomic E-state index is 12.0. The van der Waals surface area contributed by atoms with Crippen molar-refractivity contribution in [3.63, 3.8) is 0 Å². The van der Waals surface area contributed by atoms with E-state index in [9.17, 15) is 4.79 Å². The van der Waals surface area contributed by atoms with Gasteiger partial charge in [-0.2, -0.15) is 0 Å². The van der Waals surface area contributed by atoms with E-state index in [4.69, 9.17) is 4.99 Å². The predicted octanol–water partition coefficient (Wildman–Crippen LogP) is 1.79. The molecule has 1 aromatic heterocycles. The molecule has 32 heavy (non-hydrogen) atoms. The van der Waals surface area contributed by atoms with Crippen LogP contribution in [0, 0.1) is 0 Å². The van der Waals surface area contributed by atoms with Crippen LogP contribution in [0.3, 0.4) is 0 Å². The standard InChI is InChI=1S/C24H35N7O/c1-5-25-24(27-16-19-6-9-21(10-7-19)23(32)29(2)3)28-18-20-8-11-22(26-17-20)31-14-12-30(4)13-15-31/h6-11,17H,5,12-16,18H2,1-4H3,(H2,25,27,28). The number of amides is 1. The van der Waals surface area contributed by atoms with E-state index in [1.54, 1.807) is 19.0 Å². The van der Waals surface area contributed by atoms with Gasteiger partial charge in [0, 0.05) is 65.1 Å². The molecule has 0 atom stereocenters. The first-order chi connectivity index (χ1) is 15.5. The van der Waals surface area contributed by atoms with Gasteiger partial charge in [0.25, 0.3) is 5.91 Å². The van der Waals surface area contributed by atoms with Crippen LogP contribution >= 0.6 is 0 Å². The molecule has 0 unspecified atom stereocenters. The first kappa shape index (κ1) is 23.5. The minimum absolute atomic E-state index is 0.00617. The van der Waals surface area contributed by atoms with Crippen molar-refractivity contribution in [3.8, 4) is 0 Å². The summed E-state index contributed by atoms with van der Waals surface area (Å²) in [6, 6.07) is 11.8. The zero-order chi connectivity index (χ0) is 22.9. The second-order valence-electron chi connectivity index (χ2n) is 8.26. The molecule has 3 rings (SSSR count). The molecule has 0 radical (unpaired) electrons. The second-order valence-corrected chi connectivity index (χ2v) is 8.26. The third kappa shape index (κ3) is 6.68. The first-order valence-corrected chi connectivity index (χ1v) is 11.2. The van der Waals surface area contributed by atoms with Crippen LogP contribution in [-0.2, 0) is 13.1 Å². The van der Waals surface area contributed by atoms with Crippen LogP contribution in [0.2, 0.25) is 0 Å². The largest absolute Gasteiger partial charge is 0.357 e. The van der Waals surface area contributed by atoms with Gasteiger partial charge >= 0.3 is 0 Å². The highest BCUT2D eigenvalue weighted by Gasteiger charge is 2.15. The molecule has 1 aliphatic rings. The van der Waals surface area contributed by atoms with Crippen molar-refractivity contribution in [2.75, 3.05) is 58.8 Å². The van der Waals surface area contributed by atoms with Gasteiger partial charge in [0.05, 0.1) is 6.54 Å². The summed E-state index contributed by atoms with van der Waals surface area (Å²) in [5, 5.41) is 6.64. The zero-order valence-corrected chi connectivity index (χ0v) is 19.6. The smallest absolute Gasteiger partial charge is 0.253 e. The molecule has 2 heterocycles. The SMILES string of the molecule is CCNC(=NCc1ccc(N2CCN(C)CC2)nc1)NCc1ccc(C(=O)N(C)C)cc1. The number of aliphatic imine (C=N–C) groups is 1. The van der Waals surface area contributed by atoms with E-state index in [0.29, 0.717) is 18.7 Å². The lowest BCUT2D eigenvalue weighted by molar-refractivity contribution is 0.0827. The van der Waals surface area contributed by atoms with E-state index in [0.717, 1.165) is 55.6 Å². The molecule has 1 aliphatic heterocycles. The maximum atomic E-state index is 12.0. The molecule has 0 saturated carbocycles. The zero-order valence-electron chi connectivity index (χ0n) is 19.6. The van der Waals surface area contributed by atoms with Crippen molar-refractivity contribution in [1.29, 1.82) is 0 Å². The number of piperazine rings is 1. The number of nitrogens with zero attached hydrogens (tertiary/aromatic N) is 5. The Labute approximate surface area is 191 Å². The van der Waals surface area contributed by atoms with Crippen LogP contribution in [0.4, 0.5) is 5.82 Å². The van der Waals surface area contributed by atoms with Crippen molar-refractivity contribution >= 4 is 17.7 Å². The Morgan fingerprint density at radius 3 is 2.31 bits per heavy atom. The van der Waals surface area contributed by atoms with Crippen LogP contribution in [0.5, 0.6) is 0 Å². The molecule has 0 bridgehead atoms. The fraction of sp³-hybridized carbons (Fsp3) is 0.458.